The Labute approximate surface area is 128 Å². The van der Waals surface area contributed by atoms with Gasteiger partial charge in [-0.1, -0.05) is 0 Å². The molecule has 110 valence electrons. The number of anilines is 1. The minimum absolute atomic E-state index is 0.0804. The molecule has 2 amide bonds. The van der Waals surface area contributed by atoms with Gasteiger partial charge in [-0.2, -0.15) is 5.10 Å². The van der Waals surface area contributed by atoms with E-state index >= 15 is 0 Å². The van der Waals surface area contributed by atoms with Gasteiger partial charge in [-0.15, -0.1) is 0 Å². The van der Waals surface area contributed by atoms with Crippen molar-refractivity contribution in [3.05, 3.63) is 40.4 Å². The van der Waals surface area contributed by atoms with E-state index in [-0.39, 0.29) is 11.6 Å². The number of carboxylic acid groups (broad SMARTS) is 1. The van der Waals surface area contributed by atoms with Crippen LogP contribution in [0.3, 0.4) is 0 Å². The molecule has 2 rings (SSSR count). The summed E-state index contributed by atoms with van der Waals surface area (Å²) in [5.74, 6) is -0.551. The molecule has 1 aromatic carbocycles. The van der Waals surface area contributed by atoms with Gasteiger partial charge in [0.05, 0.1) is 17.3 Å². The molecule has 1 atom stereocenters. The van der Waals surface area contributed by atoms with E-state index in [0.717, 1.165) is 0 Å². The van der Waals surface area contributed by atoms with Crippen molar-refractivity contribution in [2.24, 2.45) is 0 Å². The number of aromatic carboxylic acids is 1. The Hall–Kier alpha value is -2.42. The predicted molar refractivity (Wildman–Crippen MR) is 78.1 cm³/mol. The van der Waals surface area contributed by atoms with Crippen LogP contribution in [0.4, 0.5) is 10.5 Å². The van der Waals surface area contributed by atoms with Crippen molar-refractivity contribution in [1.82, 2.24) is 20.5 Å². The number of hydrogen-bond donors (Lipinski definition) is 4. The number of nitrogens with one attached hydrogen (secondary N) is 3. The second-order valence-electron chi connectivity index (χ2n) is 4.19. The highest BCUT2D eigenvalue weighted by molar-refractivity contribution is 9.10. The largest absolute Gasteiger partial charge is 0.478 e. The van der Waals surface area contributed by atoms with Crippen LogP contribution in [-0.2, 0) is 0 Å². The summed E-state index contributed by atoms with van der Waals surface area (Å²) in [4.78, 5) is 26.8. The molecule has 0 aliphatic carbocycles. The van der Waals surface area contributed by atoms with Crippen LogP contribution in [-0.4, -0.2) is 32.3 Å². The molecule has 0 bridgehead atoms. The Morgan fingerprint density at radius 2 is 2.19 bits per heavy atom. The Morgan fingerprint density at radius 1 is 1.43 bits per heavy atom. The first kappa shape index (κ1) is 15.0. The van der Waals surface area contributed by atoms with Crippen molar-refractivity contribution in [2.45, 2.75) is 13.0 Å². The molecule has 1 unspecified atom stereocenters. The smallest absolute Gasteiger partial charge is 0.335 e. The fraction of sp³-hybridized carbons (Fsp3) is 0.167. The third-order valence-corrected chi connectivity index (χ3v) is 3.34. The Morgan fingerprint density at radius 3 is 2.81 bits per heavy atom. The Bertz CT molecular complexity index is 659. The quantitative estimate of drug-likeness (QED) is 0.671. The molecule has 8 nitrogen and oxygen atoms in total. The fourth-order valence-electron chi connectivity index (χ4n) is 1.60. The number of carbonyl (C=O) groups is 2. The van der Waals surface area contributed by atoms with Crippen molar-refractivity contribution < 1.29 is 14.7 Å². The summed E-state index contributed by atoms with van der Waals surface area (Å²) in [7, 11) is 0. The highest BCUT2D eigenvalue weighted by atomic mass is 79.9. The molecule has 0 radical (unpaired) electrons. The first-order valence-corrected chi connectivity index (χ1v) is 6.72. The van der Waals surface area contributed by atoms with Gasteiger partial charge in [-0.3, -0.25) is 5.10 Å². The fourth-order valence-corrected chi connectivity index (χ4v) is 1.95. The molecule has 0 aliphatic heterocycles. The molecule has 1 aromatic heterocycles. The first-order valence-electron chi connectivity index (χ1n) is 5.93. The zero-order valence-corrected chi connectivity index (χ0v) is 12.5. The van der Waals surface area contributed by atoms with Crippen LogP contribution >= 0.6 is 15.9 Å². The number of carboxylic acids is 1. The van der Waals surface area contributed by atoms with Crippen LogP contribution in [0, 0.1) is 0 Å². The number of hydrogen-bond acceptors (Lipinski definition) is 4. The number of rotatable bonds is 4. The zero-order valence-electron chi connectivity index (χ0n) is 10.9. The number of amides is 2. The summed E-state index contributed by atoms with van der Waals surface area (Å²) < 4.78 is 0.579. The highest BCUT2D eigenvalue weighted by Crippen LogP contribution is 2.23. The molecule has 0 aliphatic rings. The maximum absolute atomic E-state index is 11.9. The lowest BCUT2D eigenvalue weighted by Crippen LogP contribution is -2.31. The number of urea groups is 1. The number of halogens is 1. The lowest BCUT2D eigenvalue weighted by Gasteiger charge is -2.13. The van der Waals surface area contributed by atoms with Crippen molar-refractivity contribution in [3.63, 3.8) is 0 Å². The molecule has 9 heteroatoms. The molecule has 0 saturated heterocycles. The van der Waals surface area contributed by atoms with Crippen molar-refractivity contribution >= 4 is 33.6 Å². The highest BCUT2D eigenvalue weighted by Gasteiger charge is 2.14. The molecule has 21 heavy (non-hydrogen) atoms. The second kappa shape index (κ2) is 6.35. The van der Waals surface area contributed by atoms with E-state index in [1.54, 1.807) is 13.0 Å². The number of aromatic amines is 1. The molecule has 0 fully saturated rings. The maximum Gasteiger partial charge on any atom is 0.335 e. The summed E-state index contributed by atoms with van der Waals surface area (Å²) in [5.41, 5.74) is 0.439. The lowest BCUT2D eigenvalue weighted by molar-refractivity contribution is 0.0697. The summed E-state index contributed by atoms with van der Waals surface area (Å²) in [6, 6.07) is 3.51. The number of nitrogens with zero attached hydrogens (tertiary/aromatic N) is 2. The molecular formula is C12H12BrN5O3. The lowest BCUT2D eigenvalue weighted by atomic mass is 10.2. The van der Waals surface area contributed by atoms with Crippen LogP contribution in [0.1, 0.15) is 29.1 Å². The van der Waals surface area contributed by atoms with Crippen molar-refractivity contribution in [2.75, 3.05) is 5.32 Å². The van der Waals surface area contributed by atoms with E-state index in [0.29, 0.717) is 16.0 Å². The van der Waals surface area contributed by atoms with Gasteiger partial charge in [0.2, 0.25) is 0 Å². The number of H-pyrrole nitrogens is 1. The van der Waals surface area contributed by atoms with Gasteiger partial charge in [-0.25, -0.2) is 14.6 Å². The summed E-state index contributed by atoms with van der Waals surface area (Å²) in [6.45, 7) is 1.74. The molecule has 0 spiro atoms. The SMILES string of the molecule is CC(NC(=O)Nc1cc(C(=O)O)ccc1Br)c1ncn[nH]1. The van der Waals surface area contributed by atoms with E-state index in [1.165, 1.54) is 18.5 Å². The average Bonchev–Trinajstić information content (AvgIpc) is 2.95. The van der Waals surface area contributed by atoms with E-state index in [2.05, 4.69) is 41.7 Å². The van der Waals surface area contributed by atoms with Crippen LogP contribution in [0.2, 0.25) is 0 Å². The van der Waals surface area contributed by atoms with Gasteiger partial charge in [0.15, 0.2) is 0 Å². The number of aromatic nitrogens is 3. The van der Waals surface area contributed by atoms with Gasteiger partial charge in [0.25, 0.3) is 0 Å². The number of carbonyl (C=O) groups excluding carboxylic acids is 1. The molecule has 4 N–H and O–H groups in total. The maximum atomic E-state index is 11.9. The van der Waals surface area contributed by atoms with Crippen LogP contribution in [0.15, 0.2) is 29.0 Å². The zero-order chi connectivity index (χ0) is 15.4. The Balaban J connectivity index is 2.05. The van der Waals surface area contributed by atoms with E-state index < -0.39 is 12.0 Å². The van der Waals surface area contributed by atoms with E-state index in [9.17, 15) is 9.59 Å². The summed E-state index contributed by atoms with van der Waals surface area (Å²) >= 11 is 3.25. The van der Waals surface area contributed by atoms with Gasteiger partial charge < -0.3 is 15.7 Å². The third kappa shape index (κ3) is 3.78. The van der Waals surface area contributed by atoms with Gasteiger partial charge in [0, 0.05) is 4.47 Å². The topological polar surface area (TPSA) is 120 Å². The molecule has 2 aromatic rings. The van der Waals surface area contributed by atoms with Crippen LogP contribution in [0.5, 0.6) is 0 Å². The van der Waals surface area contributed by atoms with Crippen molar-refractivity contribution in [1.29, 1.82) is 0 Å². The monoisotopic (exact) mass is 353 g/mol. The normalized spacial score (nSPS) is 11.7. The Kier molecular flexibility index (Phi) is 4.53. The molecule has 1 heterocycles. The summed E-state index contributed by atoms with van der Waals surface area (Å²) in [6.07, 6.45) is 1.35. The average molecular weight is 354 g/mol. The van der Waals surface area contributed by atoms with Crippen molar-refractivity contribution in [3.8, 4) is 0 Å². The molecular weight excluding hydrogens is 342 g/mol. The second-order valence-corrected chi connectivity index (χ2v) is 5.04. The van der Waals surface area contributed by atoms with Gasteiger partial charge >= 0.3 is 12.0 Å². The molecule has 0 saturated carbocycles. The van der Waals surface area contributed by atoms with Gasteiger partial charge in [0.1, 0.15) is 12.2 Å². The standard InChI is InChI=1S/C12H12BrN5O3/c1-6(10-14-5-15-18-10)16-12(21)17-9-4-7(11(19)20)2-3-8(9)13/h2-6H,1H3,(H,19,20)(H,14,15,18)(H2,16,17,21). The van der Waals surface area contributed by atoms with Gasteiger partial charge in [-0.05, 0) is 41.1 Å². The van der Waals surface area contributed by atoms with E-state index in [4.69, 9.17) is 5.11 Å². The van der Waals surface area contributed by atoms with E-state index in [1.807, 2.05) is 0 Å². The number of benzene rings is 1. The predicted octanol–water partition coefficient (Wildman–Crippen LogP) is 2.15. The third-order valence-electron chi connectivity index (χ3n) is 2.65. The minimum Gasteiger partial charge on any atom is -0.478 e. The van der Waals surface area contributed by atoms with Crippen LogP contribution < -0.4 is 10.6 Å². The summed E-state index contributed by atoms with van der Waals surface area (Å²) in [5, 5.41) is 20.5. The first-order chi connectivity index (χ1) is 9.97. The minimum atomic E-state index is -1.07. The van der Waals surface area contributed by atoms with Crippen LogP contribution in [0.25, 0.3) is 0 Å².